The van der Waals surface area contributed by atoms with Crippen LogP contribution in [0, 0.1) is 0 Å². The number of alkyl halides is 1. The molecule has 2 rings (SSSR count). The molecular formula is C15H15FN2O4. The Labute approximate surface area is 125 Å². The van der Waals surface area contributed by atoms with Gasteiger partial charge in [-0.05, 0) is 19.4 Å². The molecular weight excluding hydrogens is 291 g/mol. The fourth-order valence-electron chi connectivity index (χ4n) is 2.25. The Morgan fingerprint density at radius 1 is 1.23 bits per heavy atom. The van der Waals surface area contributed by atoms with E-state index in [0.29, 0.717) is 0 Å². The minimum Gasteiger partial charge on any atom is -0.479 e. The molecule has 1 atom stereocenters. The lowest BCUT2D eigenvalue weighted by molar-refractivity contribution is -0.151. The van der Waals surface area contributed by atoms with Gasteiger partial charge < -0.3 is 14.9 Å². The molecule has 0 radical (unpaired) electrons. The van der Waals surface area contributed by atoms with Gasteiger partial charge in [-0.15, -0.1) is 0 Å². The summed E-state index contributed by atoms with van der Waals surface area (Å²) in [6.45, 7) is 2.18. The van der Waals surface area contributed by atoms with E-state index in [1.54, 1.807) is 18.2 Å². The average Bonchev–Trinajstić information content (AvgIpc) is 2.98. The maximum absolute atomic E-state index is 14.8. The van der Waals surface area contributed by atoms with Crippen LogP contribution in [0.5, 0.6) is 0 Å². The monoisotopic (exact) mass is 306 g/mol. The summed E-state index contributed by atoms with van der Waals surface area (Å²) in [4.78, 5) is 24.0. The molecule has 1 heterocycles. The number of aromatic nitrogens is 1. The predicted octanol–water partition coefficient (Wildman–Crippen LogP) is 2.13. The van der Waals surface area contributed by atoms with E-state index in [1.807, 2.05) is 0 Å². The maximum Gasteiger partial charge on any atom is 0.337 e. The Morgan fingerprint density at radius 2 is 1.86 bits per heavy atom. The van der Waals surface area contributed by atoms with E-state index in [-0.39, 0.29) is 11.3 Å². The van der Waals surface area contributed by atoms with Crippen LogP contribution in [0.15, 0.2) is 47.1 Å². The van der Waals surface area contributed by atoms with E-state index in [9.17, 15) is 19.1 Å². The van der Waals surface area contributed by atoms with Gasteiger partial charge in [-0.3, -0.25) is 4.79 Å². The molecule has 7 heteroatoms. The van der Waals surface area contributed by atoms with Crippen LogP contribution in [0.1, 0.15) is 30.0 Å². The molecule has 22 heavy (non-hydrogen) atoms. The summed E-state index contributed by atoms with van der Waals surface area (Å²) in [5, 5.41) is 15.3. The van der Waals surface area contributed by atoms with Gasteiger partial charge in [-0.1, -0.05) is 35.5 Å². The first kappa shape index (κ1) is 15.7. The molecule has 1 aromatic heterocycles. The van der Waals surface area contributed by atoms with E-state index >= 15 is 0 Å². The van der Waals surface area contributed by atoms with Gasteiger partial charge in [0.15, 0.2) is 5.54 Å². The molecule has 0 fully saturated rings. The van der Waals surface area contributed by atoms with Gasteiger partial charge in [0.05, 0.1) is 6.20 Å². The third-order valence-corrected chi connectivity index (χ3v) is 3.38. The first-order valence-electron chi connectivity index (χ1n) is 6.50. The Hall–Kier alpha value is -2.70. The normalized spacial score (nSPS) is 14.1. The van der Waals surface area contributed by atoms with E-state index < -0.39 is 23.1 Å². The maximum atomic E-state index is 14.8. The molecule has 1 amide bonds. The second-order valence-electron chi connectivity index (χ2n) is 5.22. The van der Waals surface area contributed by atoms with Crippen molar-refractivity contribution in [3.63, 3.8) is 0 Å². The second-order valence-corrected chi connectivity index (χ2v) is 5.22. The zero-order valence-corrected chi connectivity index (χ0v) is 12.0. The molecule has 2 N–H and O–H groups in total. The van der Waals surface area contributed by atoms with Crippen molar-refractivity contribution in [2.75, 3.05) is 0 Å². The SMILES string of the molecule is CC(C)(F)C(NC(=O)c1ccno1)(C(=O)O)c1ccccc1. The fraction of sp³-hybridized carbons (Fsp3) is 0.267. The van der Waals surface area contributed by atoms with Crippen molar-refractivity contribution in [2.45, 2.75) is 25.1 Å². The highest BCUT2D eigenvalue weighted by Gasteiger charge is 2.55. The molecule has 0 aliphatic carbocycles. The summed E-state index contributed by atoms with van der Waals surface area (Å²) in [5.74, 6) is -2.58. The zero-order chi connectivity index (χ0) is 16.4. The van der Waals surface area contributed by atoms with Gasteiger partial charge in [0.2, 0.25) is 5.76 Å². The highest BCUT2D eigenvalue weighted by molar-refractivity contribution is 5.96. The van der Waals surface area contributed by atoms with Crippen molar-refractivity contribution in [2.24, 2.45) is 0 Å². The summed E-state index contributed by atoms with van der Waals surface area (Å²) in [7, 11) is 0. The Bertz CT molecular complexity index is 665. The number of rotatable bonds is 5. The van der Waals surface area contributed by atoms with Crippen molar-refractivity contribution >= 4 is 11.9 Å². The van der Waals surface area contributed by atoms with E-state index in [1.165, 1.54) is 24.4 Å². The first-order valence-corrected chi connectivity index (χ1v) is 6.50. The Morgan fingerprint density at radius 3 is 2.32 bits per heavy atom. The third kappa shape index (κ3) is 2.57. The lowest BCUT2D eigenvalue weighted by Gasteiger charge is -2.38. The summed E-state index contributed by atoms with van der Waals surface area (Å²) >= 11 is 0. The third-order valence-electron chi connectivity index (χ3n) is 3.38. The van der Waals surface area contributed by atoms with Crippen LogP contribution in [0.4, 0.5) is 4.39 Å². The summed E-state index contributed by atoms with van der Waals surface area (Å²) < 4.78 is 19.5. The van der Waals surface area contributed by atoms with Crippen LogP contribution in [0.3, 0.4) is 0 Å². The quantitative estimate of drug-likeness (QED) is 0.883. The highest BCUT2D eigenvalue weighted by Crippen LogP contribution is 2.36. The summed E-state index contributed by atoms with van der Waals surface area (Å²) in [6.07, 6.45) is 1.24. The van der Waals surface area contributed by atoms with Crippen LogP contribution < -0.4 is 5.32 Å². The molecule has 2 aromatic rings. The molecule has 0 spiro atoms. The van der Waals surface area contributed by atoms with Crippen LogP contribution in [0.2, 0.25) is 0 Å². The number of halogens is 1. The lowest BCUT2D eigenvalue weighted by Crippen LogP contribution is -2.62. The number of carboxylic acid groups (broad SMARTS) is 1. The molecule has 0 aliphatic rings. The number of hydrogen-bond acceptors (Lipinski definition) is 4. The lowest BCUT2D eigenvalue weighted by atomic mass is 9.77. The van der Waals surface area contributed by atoms with Crippen LogP contribution in [-0.2, 0) is 10.3 Å². The van der Waals surface area contributed by atoms with E-state index in [2.05, 4.69) is 10.5 Å². The molecule has 116 valence electrons. The number of nitrogens with zero attached hydrogens (tertiary/aromatic N) is 1. The molecule has 1 unspecified atom stereocenters. The molecule has 6 nitrogen and oxygen atoms in total. The fourth-order valence-corrected chi connectivity index (χ4v) is 2.25. The largest absolute Gasteiger partial charge is 0.479 e. The number of aliphatic carboxylic acids is 1. The van der Waals surface area contributed by atoms with Gasteiger partial charge in [-0.2, -0.15) is 0 Å². The number of carbonyl (C=O) groups excluding carboxylic acids is 1. The van der Waals surface area contributed by atoms with Gasteiger partial charge in [0.1, 0.15) is 5.67 Å². The number of carbonyl (C=O) groups is 2. The minimum absolute atomic E-state index is 0.114. The van der Waals surface area contributed by atoms with Gasteiger partial charge in [-0.25, -0.2) is 9.18 Å². The van der Waals surface area contributed by atoms with Crippen molar-refractivity contribution in [1.29, 1.82) is 0 Å². The van der Waals surface area contributed by atoms with Crippen molar-refractivity contribution in [3.05, 3.63) is 53.9 Å². The van der Waals surface area contributed by atoms with E-state index in [4.69, 9.17) is 4.52 Å². The van der Waals surface area contributed by atoms with Crippen LogP contribution in [0.25, 0.3) is 0 Å². The zero-order valence-electron chi connectivity index (χ0n) is 12.0. The van der Waals surface area contributed by atoms with E-state index in [0.717, 1.165) is 13.8 Å². The number of amides is 1. The first-order chi connectivity index (χ1) is 10.3. The standard InChI is InChI=1S/C15H15FN2O4/c1-14(2,16)15(13(20)21,10-6-4-3-5-7-10)18-12(19)11-8-9-17-22-11/h3-9H,1-2H3,(H,18,19)(H,20,21). The molecule has 1 aromatic carbocycles. The molecule has 0 bridgehead atoms. The number of benzene rings is 1. The van der Waals surface area contributed by atoms with Gasteiger partial charge in [0.25, 0.3) is 5.91 Å². The molecule has 0 saturated heterocycles. The van der Waals surface area contributed by atoms with Crippen LogP contribution >= 0.6 is 0 Å². The van der Waals surface area contributed by atoms with Gasteiger partial charge in [0, 0.05) is 6.07 Å². The highest BCUT2D eigenvalue weighted by atomic mass is 19.1. The predicted molar refractivity (Wildman–Crippen MR) is 74.9 cm³/mol. The van der Waals surface area contributed by atoms with Crippen molar-refractivity contribution < 1.29 is 23.6 Å². The molecule has 0 aliphatic heterocycles. The van der Waals surface area contributed by atoms with Gasteiger partial charge >= 0.3 is 5.97 Å². The number of hydrogen-bond donors (Lipinski definition) is 2. The van der Waals surface area contributed by atoms with Crippen LogP contribution in [-0.4, -0.2) is 27.8 Å². The number of carboxylic acids is 1. The minimum atomic E-state index is -2.28. The second kappa shape index (κ2) is 5.59. The number of nitrogens with one attached hydrogen (secondary N) is 1. The summed E-state index contributed by atoms with van der Waals surface area (Å²) in [5.41, 5.74) is -4.43. The summed E-state index contributed by atoms with van der Waals surface area (Å²) in [6, 6.07) is 8.95. The van der Waals surface area contributed by atoms with Crippen molar-refractivity contribution in [3.8, 4) is 0 Å². The van der Waals surface area contributed by atoms with Crippen molar-refractivity contribution in [1.82, 2.24) is 10.5 Å². The average molecular weight is 306 g/mol. The smallest absolute Gasteiger partial charge is 0.337 e. The Kier molecular flexibility index (Phi) is 3.99. The Balaban J connectivity index is 2.55. The molecule has 0 saturated carbocycles. The topological polar surface area (TPSA) is 92.4 Å².